The van der Waals surface area contributed by atoms with E-state index in [1.165, 1.54) is 0 Å². The van der Waals surface area contributed by atoms with Gasteiger partial charge in [0.1, 0.15) is 11.6 Å². The van der Waals surface area contributed by atoms with Crippen molar-refractivity contribution in [3.05, 3.63) is 35.4 Å². The molecule has 6 heteroatoms. The van der Waals surface area contributed by atoms with Gasteiger partial charge in [0.25, 0.3) is 0 Å². The highest BCUT2D eigenvalue weighted by molar-refractivity contribution is 5.81. The van der Waals surface area contributed by atoms with Crippen LogP contribution in [-0.4, -0.2) is 17.0 Å². The number of hydrogen-bond donors (Lipinski definition) is 2. The molecule has 0 spiro atoms. The van der Waals surface area contributed by atoms with Gasteiger partial charge < -0.3 is 10.4 Å². The third-order valence-corrected chi connectivity index (χ3v) is 4.21. The molecule has 2 rings (SSSR count). The van der Waals surface area contributed by atoms with Crippen LogP contribution in [0.15, 0.2) is 18.2 Å². The molecule has 0 bridgehead atoms. The first-order valence-corrected chi connectivity index (χ1v) is 7.40. The van der Waals surface area contributed by atoms with Crippen LogP contribution in [0.1, 0.15) is 44.2 Å². The molecule has 0 aromatic heterocycles. The third kappa shape index (κ3) is 3.61. The molecule has 3 atom stereocenters. The highest BCUT2D eigenvalue weighted by Gasteiger charge is 2.34. The lowest BCUT2D eigenvalue weighted by Crippen LogP contribution is -2.33. The van der Waals surface area contributed by atoms with E-state index in [2.05, 4.69) is 5.32 Å². The molecule has 0 heterocycles. The van der Waals surface area contributed by atoms with Crippen LogP contribution < -0.4 is 5.32 Å². The van der Waals surface area contributed by atoms with Gasteiger partial charge in [-0.25, -0.2) is 8.78 Å². The summed E-state index contributed by atoms with van der Waals surface area (Å²) in [7, 11) is 0. The van der Waals surface area contributed by atoms with Gasteiger partial charge in [-0.3, -0.25) is 9.59 Å². The van der Waals surface area contributed by atoms with Gasteiger partial charge in [-0.1, -0.05) is 6.92 Å². The van der Waals surface area contributed by atoms with Crippen LogP contribution in [0.25, 0.3) is 0 Å². The number of halogens is 2. The molecular weight excluding hydrogens is 292 g/mol. The Balaban J connectivity index is 2.06. The number of nitrogens with one attached hydrogen (secondary N) is 1. The van der Waals surface area contributed by atoms with Crippen LogP contribution in [0, 0.1) is 23.5 Å². The lowest BCUT2D eigenvalue weighted by molar-refractivity contribution is -0.141. The van der Waals surface area contributed by atoms with Crippen molar-refractivity contribution in [2.75, 3.05) is 0 Å². The Morgan fingerprint density at radius 1 is 1.32 bits per heavy atom. The number of aliphatic carboxylic acids is 1. The smallest absolute Gasteiger partial charge is 0.306 e. The number of carbonyl (C=O) groups is 2. The Kier molecular flexibility index (Phi) is 5.11. The van der Waals surface area contributed by atoms with Gasteiger partial charge in [-0.15, -0.1) is 0 Å². The minimum atomic E-state index is -0.890. The van der Waals surface area contributed by atoms with Gasteiger partial charge in [0, 0.05) is 11.5 Å². The summed E-state index contributed by atoms with van der Waals surface area (Å²) in [5.74, 6) is -3.19. The lowest BCUT2D eigenvalue weighted by atomic mass is 10.0. The average molecular weight is 311 g/mol. The van der Waals surface area contributed by atoms with E-state index in [1.807, 2.05) is 0 Å². The summed E-state index contributed by atoms with van der Waals surface area (Å²) in [6, 6.07) is 2.53. The number of carbonyl (C=O) groups excluding carboxylic acids is 1. The summed E-state index contributed by atoms with van der Waals surface area (Å²) in [6.45, 7) is 1.77. The van der Waals surface area contributed by atoms with E-state index < -0.39 is 29.6 Å². The Morgan fingerprint density at radius 2 is 2.00 bits per heavy atom. The molecule has 1 aromatic carbocycles. The molecule has 2 N–H and O–H groups in total. The summed E-state index contributed by atoms with van der Waals surface area (Å²) in [4.78, 5) is 23.2. The van der Waals surface area contributed by atoms with Crippen LogP contribution in [0.3, 0.4) is 0 Å². The van der Waals surface area contributed by atoms with Crippen LogP contribution in [0.5, 0.6) is 0 Å². The molecule has 1 unspecified atom stereocenters. The Hall–Kier alpha value is -1.98. The average Bonchev–Trinajstić information content (AvgIpc) is 2.97. The zero-order valence-electron chi connectivity index (χ0n) is 12.3. The molecule has 0 saturated heterocycles. The van der Waals surface area contributed by atoms with Crippen molar-refractivity contribution >= 4 is 11.9 Å². The first-order chi connectivity index (χ1) is 10.4. The van der Waals surface area contributed by atoms with Crippen molar-refractivity contribution in [2.45, 2.75) is 38.6 Å². The maximum Gasteiger partial charge on any atom is 0.306 e. The largest absolute Gasteiger partial charge is 0.481 e. The van der Waals surface area contributed by atoms with E-state index in [0.717, 1.165) is 18.2 Å². The lowest BCUT2D eigenvalue weighted by Gasteiger charge is -2.20. The molecule has 1 amide bonds. The predicted octanol–water partition coefficient (Wildman–Crippen LogP) is 3.03. The summed E-state index contributed by atoms with van der Waals surface area (Å²) in [5.41, 5.74) is 0.114. The number of rotatable bonds is 5. The van der Waals surface area contributed by atoms with Crippen LogP contribution >= 0.6 is 0 Å². The monoisotopic (exact) mass is 311 g/mol. The second kappa shape index (κ2) is 6.85. The number of benzene rings is 1. The molecule has 22 heavy (non-hydrogen) atoms. The number of hydrogen-bond acceptors (Lipinski definition) is 2. The standard InChI is InChI=1S/C16H19F2NO3/c1-2-14(12-8-11(17)5-6-13(12)18)19-15(20)9-3-4-10(7-9)16(21)22/h5-6,8-10,14H,2-4,7H2,1H3,(H,19,20)(H,21,22)/t9-,10+,14?/m1/s1. The molecule has 0 aliphatic heterocycles. The molecular formula is C16H19F2NO3. The summed E-state index contributed by atoms with van der Waals surface area (Å²) in [5, 5.41) is 11.7. The van der Waals surface area contributed by atoms with E-state index in [9.17, 15) is 18.4 Å². The first-order valence-electron chi connectivity index (χ1n) is 7.40. The maximum atomic E-state index is 13.8. The second-order valence-electron chi connectivity index (χ2n) is 5.68. The number of carboxylic acid groups (broad SMARTS) is 1. The first kappa shape index (κ1) is 16.4. The Morgan fingerprint density at radius 3 is 2.59 bits per heavy atom. The summed E-state index contributed by atoms with van der Waals surface area (Å²) < 4.78 is 27.1. The normalized spacial score (nSPS) is 22.3. The SMILES string of the molecule is CCC(NC(=O)[C@@H]1CC[C@H](C(=O)O)C1)c1cc(F)ccc1F. The molecule has 1 aromatic rings. The highest BCUT2D eigenvalue weighted by Crippen LogP contribution is 2.32. The zero-order valence-corrected chi connectivity index (χ0v) is 12.3. The molecule has 1 aliphatic carbocycles. The molecule has 1 fully saturated rings. The van der Waals surface area contributed by atoms with Gasteiger partial charge >= 0.3 is 5.97 Å². The fourth-order valence-corrected chi connectivity index (χ4v) is 2.91. The molecule has 120 valence electrons. The van der Waals surface area contributed by atoms with Gasteiger partial charge in [0.2, 0.25) is 5.91 Å². The third-order valence-electron chi connectivity index (χ3n) is 4.21. The number of amides is 1. The topological polar surface area (TPSA) is 66.4 Å². The van der Waals surface area contributed by atoms with Gasteiger partial charge in [0.15, 0.2) is 0 Å². The van der Waals surface area contributed by atoms with Crippen molar-refractivity contribution in [1.82, 2.24) is 5.32 Å². The fraction of sp³-hybridized carbons (Fsp3) is 0.500. The zero-order chi connectivity index (χ0) is 16.3. The summed E-state index contributed by atoms with van der Waals surface area (Å²) in [6.07, 6.45) is 1.69. The van der Waals surface area contributed by atoms with Crippen molar-refractivity contribution in [3.63, 3.8) is 0 Å². The van der Waals surface area contributed by atoms with Crippen LogP contribution in [-0.2, 0) is 9.59 Å². The van der Waals surface area contributed by atoms with Crippen LogP contribution in [0.2, 0.25) is 0 Å². The Labute approximate surface area is 127 Å². The molecule has 4 nitrogen and oxygen atoms in total. The Bertz CT molecular complexity index is 577. The predicted molar refractivity (Wildman–Crippen MR) is 76.0 cm³/mol. The van der Waals surface area contributed by atoms with E-state index in [0.29, 0.717) is 25.7 Å². The van der Waals surface area contributed by atoms with E-state index >= 15 is 0 Å². The van der Waals surface area contributed by atoms with Gasteiger partial charge in [-0.2, -0.15) is 0 Å². The minimum Gasteiger partial charge on any atom is -0.481 e. The highest BCUT2D eigenvalue weighted by atomic mass is 19.1. The van der Waals surface area contributed by atoms with Crippen molar-refractivity contribution in [2.24, 2.45) is 11.8 Å². The van der Waals surface area contributed by atoms with E-state index in [1.54, 1.807) is 6.92 Å². The van der Waals surface area contributed by atoms with Crippen molar-refractivity contribution < 1.29 is 23.5 Å². The van der Waals surface area contributed by atoms with Gasteiger partial charge in [-0.05, 0) is 43.9 Å². The fourth-order valence-electron chi connectivity index (χ4n) is 2.91. The minimum absolute atomic E-state index is 0.114. The van der Waals surface area contributed by atoms with Crippen LogP contribution in [0.4, 0.5) is 8.78 Å². The number of carboxylic acids is 1. The van der Waals surface area contributed by atoms with E-state index in [-0.39, 0.29) is 17.4 Å². The van der Waals surface area contributed by atoms with Gasteiger partial charge in [0.05, 0.1) is 12.0 Å². The van der Waals surface area contributed by atoms with Crippen molar-refractivity contribution in [1.29, 1.82) is 0 Å². The molecule has 1 aliphatic rings. The quantitative estimate of drug-likeness (QED) is 0.878. The van der Waals surface area contributed by atoms with Crippen molar-refractivity contribution in [3.8, 4) is 0 Å². The summed E-state index contributed by atoms with van der Waals surface area (Å²) >= 11 is 0. The van der Waals surface area contributed by atoms with E-state index in [4.69, 9.17) is 5.11 Å². The maximum absolute atomic E-state index is 13.8. The molecule has 1 saturated carbocycles. The second-order valence-corrected chi connectivity index (χ2v) is 5.68. The molecule has 0 radical (unpaired) electrons.